The SMILES string of the molecule is O=C(NC1(c2nc(-c3ccccc3)no2)CCCCC1)c1ccc(F)c(Cl)c1. The Labute approximate surface area is 166 Å². The van der Waals surface area contributed by atoms with Gasteiger partial charge in [-0.3, -0.25) is 4.79 Å². The van der Waals surface area contributed by atoms with Gasteiger partial charge in [-0.25, -0.2) is 4.39 Å². The van der Waals surface area contributed by atoms with Gasteiger partial charge in [-0.15, -0.1) is 0 Å². The Kier molecular flexibility index (Phi) is 5.13. The number of benzene rings is 2. The first-order valence-electron chi connectivity index (χ1n) is 9.25. The maximum atomic E-state index is 13.4. The Morgan fingerprint density at radius 1 is 1.11 bits per heavy atom. The van der Waals surface area contributed by atoms with Crippen molar-refractivity contribution in [3.63, 3.8) is 0 Å². The summed E-state index contributed by atoms with van der Waals surface area (Å²) in [6.45, 7) is 0. The summed E-state index contributed by atoms with van der Waals surface area (Å²) in [5.74, 6) is -0.0227. The minimum atomic E-state index is -0.740. The standard InChI is InChI=1S/C21H19ClFN3O2/c22-16-13-15(9-10-17(16)23)19(27)25-21(11-5-2-6-12-21)20-24-18(26-28-20)14-7-3-1-4-8-14/h1,3-4,7-10,13H,2,5-6,11-12H2,(H,25,27). The summed E-state index contributed by atoms with van der Waals surface area (Å²) in [4.78, 5) is 17.4. The summed E-state index contributed by atoms with van der Waals surface area (Å²) < 4.78 is 19.0. The average Bonchev–Trinajstić information content (AvgIpc) is 3.22. The molecule has 7 heteroatoms. The van der Waals surface area contributed by atoms with Gasteiger partial charge in [0.2, 0.25) is 5.82 Å². The molecule has 0 bridgehead atoms. The quantitative estimate of drug-likeness (QED) is 0.661. The van der Waals surface area contributed by atoms with Crippen molar-refractivity contribution in [3.8, 4) is 11.4 Å². The highest BCUT2D eigenvalue weighted by Crippen LogP contribution is 2.37. The van der Waals surface area contributed by atoms with Crippen LogP contribution in [0.5, 0.6) is 0 Å². The van der Waals surface area contributed by atoms with Crippen LogP contribution in [-0.4, -0.2) is 16.0 Å². The number of halogens is 2. The normalized spacial score (nSPS) is 15.9. The number of carbonyl (C=O) groups is 1. The third kappa shape index (κ3) is 3.64. The van der Waals surface area contributed by atoms with E-state index in [1.807, 2.05) is 30.3 Å². The van der Waals surface area contributed by atoms with E-state index in [0.29, 0.717) is 30.1 Å². The number of aromatic nitrogens is 2. The summed E-state index contributed by atoms with van der Waals surface area (Å²) in [6, 6.07) is 13.5. The molecule has 1 aromatic heterocycles. The lowest BCUT2D eigenvalue weighted by molar-refractivity contribution is 0.0824. The van der Waals surface area contributed by atoms with Crippen LogP contribution in [0.2, 0.25) is 5.02 Å². The van der Waals surface area contributed by atoms with E-state index in [9.17, 15) is 9.18 Å². The molecule has 1 amide bonds. The van der Waals surface area contributed by atoms with E-state index in [-0.39, 0.29) is 10.9 Å². The van der Waals surface area contributed by atoms with Crippen molar-refractivity contribution in [3.05, 3.63) is 70.8 Å². The van der Waals surface area contributed by atoms with Crippen molar-refractivity contribution < 1.29 is 13.7 Å². The molecule has 0 radical (unpaired) electrons. The zero-order chi connectivity index (χ0) is 19.6. The molecule has 5 nitrogen and oxygen atoms in total. The lowest BCUT2D eigenvalue weighted by Gasteiger charge is -2.34. The van der Waals surface area contributed by atoms with Crippen LogP contribution < -0.4 is 5.32 Å². The fourth-order valence-electron chi connectivity index (χ4n) is 3.60. The van der Waals surface area contributed by atoms with Gasteiger partial charge in [-0.05, 0) is 31.0 Å². The van der Waals surface area contributed by atoms with Crippen molar-refractivity contribution in [1.29, 1.82) is 0 Å². The second kappa shape index (κ2) is 7.72. The minimum absolute atomic E-state index is 0.0884. The van der Waals surface area contributed by atoms with Crippen LogP contribution in [0, 0.1) is 5.82 Å². The van der Waals surface area contributed by atoms with Gasteiger partial charge in [0, 0.05) is 11.1 Å². The number of hydrogen-bond donors (Lipinski definition) is 1. The second-order valence-electron chi connectivity index (χ2n) is 7.01. The van der Waals surface area contributed by atoms with Gasteiger partial charge in [0.25, 0.3) is 11.8 Å². The van der Waals surface area contributed by atoms with E-state index >= 15 is 0 Å². The molecule has 2 aromatic carbocycles. The number of rotatable bonds is 4. The summed E-state index contributed by atoms with van der Waals surface area (Å²) in [7, 11) is 0. The monoisotopic (exact) mass is 399 g/mol. The van der Waals surface area contributed by atoms with Crippen LogP contribution in [0.15, 0.2) is 53.1 Å². The van der Waals surface area contributed by atoms with Crippen molar-refractivity contribution >= 4 is 17.5 Å². The van der Waals surface area contributed by atoms with Crippen LogP contribution >= 0.6 is 11.6 Å². The van der Waals surface area contributed by atoms with Crippen LogP contribution in [0.1, 0.15) is 48.4 Å². The molecular formula is C21H19ClFN3O2. The number of nitrogens with one attached hydrogen (secondary N) is 1. The van der Waals surface area contributed by atoms with Crippen LogP contribution in [0.25, 0.3) is 11.4 Å². The number of hydrogen-bond acceptors (Lipinski definition) is 4. The highest BCUT2D eigenvalue weighted by Gasteiger charge is 2.41. The molecule has 1 saturated carbocycles. The van der Waals surface area contributed by atoms with Gasteiger partial charge in [-0.2, -0.15) is 4.98 Å². The zero-order valence-electron chi connectivity index (χ0n) is 15.1. The lowest BCUT2D eigenvalue weighted by Crippen LogP contribution is -2.47. The Morgan fingerprint density at radius 3 is 2.57 bits per heavy atom. The Balaban J connectivity index is 1.64. The van der Waals surface area contributed by atoms with E-state index in [4.69, 9.17) is 16.1 Å². The van der Waals surface area contributed by atoms with Gasteiger partial charge in [0.15, 0.2) is 0 Å². The fourth-order valence-corrected chi connectivity index (χ4v) is 3.78. The number of amides is 1. The first-order valence-corrected chi connectivity index (χ1v) is 9.62. The molecule has 28 heavy (non-hydrogen) atoms. The van der Waals surface area contributed by atoms with Crippen LogP contribution in [0.3, 0.4) is 0 Å². The molecule has 1 fully saturated rings. The molecule has 0 atom stereocenters. The molecular weight excluding hydrogens is 381 g/mol. The van der Waals surface area contributed by atoms with E-state index in [2.05, 4.69) is 15.5 Å². The Hall–Kier alpha value is -2.73. The molecule has 4 rings (SSSR count). The fraction of sp³-hybridized carbons (Fsp3) is 0.286. The van der Waals surface area contributed by atoms with Crippen molar-refractivity contribution in [2.75, 3.05) is 0 Å². The molecule has 0 aliphatic heterocycles. The zero-order valence-corrected chi connectivity index (χ0v) is 15.9. The maximum absolute atomic E-state index is 13.4. The number of nitrogens with zero attached hydrogens (tertiary/aromatic N) is 2. The Morgan fingerprint density at radius 2 is 1.86 bits per heavy atom. The van der Waals surface area contributed by atoms with Gasteiger partial charge < -0.3 is 9.84 Å². The molecule has 1 heterocycles. The van der Waals surface area contributed by atoms with Gasteiger partial charge in [0.1, 0.15) is 11.4 Å². The van der Waals surface area contributed by atoms with Gasteiger partial charge in [-0.1, -0.05) is 66.4 Å². The van der Waals surface area contributed by atoms with E-state index in [0.717, 1.165) is 24.8 Å². The topological polar surface area (TPSA) is 68.0 Å². The largest absolute Gasteiger partial charge is 0.338 e. The van der Waals surface area contributed by atoms with Crippen molar-refractivity contribution in [1.82, 2.24) is 15.5 Å². The predicted octanol–water partition coefficient (Wildman–Crippen LogP) is 5.12. The molecule has 1 aliphatic rings. The van der Waals surface area contributed by atoms with E-state index in [1.54, 1.807) is 0 Å². The molecule has 1 N–H and O–H groups in total. The Bertz CT molecular complexity index is 984. The van der Waals surface area contributed by atoms with E-state index in [1.165, 1.54) is 18.2 Å². The second-order valence-corrected chi connectivity index (χ2v) is 7.42. The summed E-state index contributed by atoms with van der Waals surface area (Å²) in [6.07, 6.45) is 4.36. The summed E-state index contributed by atoms with van der Waals surface area (Å²) >= 11 is 5.83. The summed E-state index contributed by atoms with van der Waals surface area (Å²) in [5, 5.41) is 7.08. The molecule has 0 spiro atoms. The highest BCUT2D eigenvalue weighted by atomic mass is 35.5. The van der Waals surface area contributed by atoms with Crippen molar-refractivity contribution in [2.24, 2.45) is 0 Å². The van der Waals surface area contributed by atoms with Crippen LogP contribution in [-0.2, 0) is 5.54 Å². The smallest absolute Gasteiger partial charge is 0.252 e. The first kappa shape index (κ1) is 18.6. The predicted molar refractivity (Wildman–Crippen MR) is 103 cm³/mol. The number of carbonyl (C=O) groups excluding carboxylic acids is 1. The first-order chi connectivity index (χ1) is 13.6. The van der Waals surface area contributed by atoms with Gasteiger partial charge >= 0.3 is 0 Å². The van der Waals surface area contributed by atoms with Crippen LogP contribution in [0.4, 0.5) is 4.39 Å². The average molecular weight is 400 g/mol. The van der Waals surface area contributed by atoms with E-state index < -0.39 is 11.4 Å². The molecule has 1 aliphatic carbocycles. The maximum Gasteiger partial charge on any atom is 0.252 e. The van der Waals surface area contributed by atoms with Gasteiger partial charge in [0.05, 0.1) is 5.02 Å². The molecule has 144 valence electrons. The highest BCUT2D eigenvalue weighted by molar-refractivity contribution is 6.31. The third-order valence-electron chi connectivity index (χ3n) is 5.11. The summed E-state index contributed by atoms with van der Waals surface area (Å²) in [5.41, 5.74) is 0.398. The lowest BCUT2D eigenvalue weighted by atomic mass is 9.81. The van der Waals surface area contributed by atoms with Crippen molar-refractivity contribution in [2.45, 2.75) is 37.6 Å². The molecule has 0 saturated heterocycles. The minimum Gasteiger partial charge on any atom is -0.338 e. The third-order valence-corrected chi connectivity index (χ3v) is 5.40. The molecule has 3 aromatic rings. The molecule has 0 unspecified atom stereocenters.